The van der Waals surface area contributed by atoms with Gasteiger partial charge in [0.25, 0.3) is 5.91 Å². The lowest BCUT2D eigenvalue weighted by molar-refractivity contribution is -0.118. The summed E-state index contributed by atoms with van der Waals surface area (Å²) in [6.45, 7) is 2.58. The molecule has 5 aromatic rings. The molecular formula is C30H28FN3O4S. The van der Waals surface area contributed by atoms with E-state index < -0.39 is 15.8 Å². The monoisotopic (exact) mass is 545 g/mol. The summed E-state index contributed by atoms with van der Waals surface area (Å²) in [7, 11) is -3.68. The number of benzene rings is 4. The van der Waals surface area contributed by atoms with Crippen molar-refractivity contribution < 1.29 is 22.3 Å². The minimum absolute atomic E-state index is 0.143. The van der Waals surface area contributed by atoms with Crippen LogP contribution < -0.4 is 14.4 Å². The van der Waals surface area contributed by atoms with E-state index in [2.05, 4.69) is 28.9 Å². The maximum Gasteiger partial charge on any atom is 0.262 e. The lowest BCUT2D eigenvalue weighted by Gasteiger charge is -2.23. The summed E-state index contributed by atoms with van der Waals surface area (Å²) >= 11 is 0. The number of sulfonamides is 1. The number of nitrogens with zero attached hydrogens (tertiary/aromatic N) is 2. The van der Waals surface area contributed by atoms with E-state index in [9.17, 15) is 17.6 Å². The van der Waals surface area contributed by atoms with E-state index in [4.69, 9.17) is 4.74 Å². The van der Waals surface area contributed by atoms with Crippen LogP contribution in [0.3, 0.4) is 0 Å². The van der Waals surface area contributed by atoms with Crippen LogP contribution in [0.15, 0.2) is 91.0 Å². The van der Waals surface area contributed by atoms with Crippen molar-refractivity contribution in [2.45, 2.75) is 20.0 Å². The summed E-state index contributed by atoms with van der Waals surface area (Å²) in [5.74, 6) is -0.405. The molecule has 0 radical (unpaired) electrons. The van der Waals surface area contributed by atoms with Gasteiger partial charge in [-0.2, -0.15) is 0 Å². The molecule has 9 heteroatoms. The summed E-state index contributed by atoms with van der Waals surface area (Å²) in [6, 6.07) is 26.3. The standard InChI is InChI=1S/C30H28FN3O4S/c1-3-33-28-11-7-5-9-25(28)26-18-22(12-17-29(26)33)32-30(35)20-38-24-15-13-23(14-16-24)34(39(2,36)37)19-21-8-4-6-10-27(21)31/h4-18H,3,19-20H2,1-2H3,(H,32,35). The lowest BCUT2D eigenvalue weighted by atomic mass is 10.1. The second kappa shape index (κ2) is 10.8. The molecule has 200 valence electrons. The number of anilines is 2. The Hall–Kier alpha value is -4.37. The fourth-order valence-corrected chi connectivity index (χ4v) is 5.59. The number of rotatable bonds is 9. The van der Waals surface area contributed by atoms with Crippen LogP contribution in [0.2, 0.25) is 0 Å². The molecule has 5 rings (SSSR count). The molecule has 0 fully saturated rings. The van der Waals surface area contributed by atoms with Crippen LogP contribution in [0.4, 0.5) is 15.8 Å². The Balaban J connectivity index is 1.26. The van der Waals surface area contributed by atoms with Gasteiger partial charge in [-0.15, -0.1) is 0 Å². The van der Waals surface area contributed by atoms with Gasteiger partial charge in [0.15, 0.2) is 6.61 Å². The summed E-state index contributed by atoms with van der Waals surface area (Å²) in [5.41, 5.74) is 3.54. The fraction of sp³-hybridized carbons (Fsp3) is 0.167. The molecule has 0 atom stereocenters. The van der Waals surface area contributed by atoms with Crippen LogP contribution in [0, 0.1) is 5.82 Å². The number of aryl methyl sites for hydroxylation is 1. The van der Waals surface area contributed by atoms with E-state index in [1.54, 1.807) is 42.5 Å². The normalized spacial score (nSPS) is 11.6. The zero-order valence-corrected chi connectivity index (χ0v) is 22.4. The van der Waals surface area contributed by atoms with E-state index in [0.29, 0.717) is 17.1 Å². The molecule has 1 heterocycles. The van der Waals surface area contributed by atoms with Crippen molar-refractivity contribution in [1.29, 1.82) is 0 Å². The number of halogens is 1. The molecule has 1 amide bonds. The first kappa shape index (κ1) is 26.2. The number of hydrogen-bond donors (Lipinski definition) is 1. The van der Waals surface area contributed by atoms with Gasteiger partial charge in [0, 0.05) is 39.6 Å². The lowest BCUT2D eigenvalue weighted by Crippen LogP contribution is -2.29. The van der Waals surface area contributed by atoms with Crippen molar-refractivity contribution in [3.8, 4) is 5.75 Å². The molecule has 0 bridgehead atoms. The first-order chi connectivity index (χ1) is 18.7. The molecular weight excluding hydrogens is 517 g/mol. The van der Waals surface area contributed by atoms with Crippen molar-refractivity contribution in [2.75, 3.05) is 22.5 Å². The van der Waals surface area contributed by atoms with Gasteiger partial charge in [-0.25, -0.2) is 12.8 Å². The zero-order chi connectivity index (χ0) is 27.6. The van der Waals surface area contributed by atoms with Gasteiger partial charge in [0.05, 0.1) is 18.5 Å². The number of carbonyl (C=O) groups is 1. The van der Waals surface area contributed by atoms with Gasteiger partial charge >= 0.3 is 0 Å². The Morgan fingerprint density at radius 2 is 1.62 bits per heavy atom. The van der Waals surface area contributed by atoms with E-state index in [1.165, 1.54) is 6.07 Å². The largest absolute Gasteiger partial charge is 0.484 e. The third kappa shape index (κ3) is 5.58. The highest BCUT2D eigenvalue weighted by molar-refractivity contribution is 7.92. The van der Waals surface area contributed by atoms with Crippen LogP contribution >= 0.6 is 0 Å². The molecule has 0 saturated heterocycles. The smallest absolute Gasteiger partial charge is 0.262 e. The second-order valence-electron chi connectivity index (χ2n) is 9.19. The fourth-order valence-electron chi connectivity index (χ4n) is 4.71. The molecule has 39 heavy (non-hydrogen) atoms. The molecule has 0 aliphatic carbocycles. The number of amides is 1. The number of hydrogen-bond acceptors (Lipinski definition) is 4. The number of fused-ring (bicyclic) bond motifs is 3. The second-order valence-corrected chi connectivity index (χ2v) is 11.1. The number of nitrogens with one attached hydrogen (secondary N) is 1. The minimum Gasteiger partial charge on any atom is -0.484 e. The van der Waals surface area contributed by atoms with E-state index in [1.807, 2.05) is 30.3 Å². The maximum atomic E-state index is 14.1. The average molecular weight is 546 g/mol. The molecule has 0 saturated carbocycles. The number of para-hydroxylation sites is 1. The van der Waals surface area contributed by atoms with Gasteiger partial charge in [0.2, 0.25) is 10.0 Å². The van der Waals surface area contributed by atoms with Crippen LogP contribution in [0.25, 0.3) is 21.8 Å². The topological polar surface area (TPSA) is 80.6 Å². The van der Waals surface area contributed by atoms with Gasteiger partial charge in [-0.3, -0.25) is 9.10 Å². The Kier molecular flexibility index (Phi) is 7.26. The average Bonchev–Trinajstić information content (AvgIpc) is 3.24. The van der Waals surface area contributed by atoms with Gasteiger partial charge < -0.3 is 14.6 Å². The third-order valence-corrected chi connectivity index (χ3v) is 7.68. The Morgan fingerprint density at radius 1 is 0.923 bits per heavy atom. The van der Waals surface area contributed by atoms with Gasteiger partial charge in [-0.1, -0.05) is 36.4 Å². The summed E-state index contributed by atoms with van der Waals surface area (Å²) < 4.78 is 47.9. The zero-order valence-electron chi connectivity index (χ0n) is 21.6. The molecule has 0 aliphatic heterocycles. The molecule has 0 aliphatic rings. The Bertz CT molecular complexity index is 1760. The molecule has 1 aromatic heterocycles. The third-order valence-electron chi connectivity index (χ3n) is 6.54. The number of ether oxygens (including phenoxy) is 1. The van der Waals surface area contributed by atoms with Crippen LogP contribution in [-0.4, -0.2) is 31.8 Å². The SMILES string of the molecule is CCn1c2ccccc2c2cc(NC(=O)COc3ccc(N(Cc4ccccc4F)S(C)(=O)=O)cc3)ccc21. The summed E-state index contributed by atoms with van der Waals surface area (Å²) in [4.78, 5) is 12.6. The summed E-state index contributed by atoms with van der Waals surface area (Å²) in [5, 5.41) is 5.07. The number of aromatic nitrogens is 1. The molecule has 4 aromatic carbocycles. The Labute approximate surface area is 226 Å². The highest BCUT2D eigenvalue weighted by atomic mass is 32.2. The van der Waals surface area contributed by atoms with E-state index in [-0.39, 0.29) is 24.6 Å². The van der Waals surface area contributed by atoms with Crippen LogP contribution in [-0.2, 0) is 27.9 Å². The predicted octanol–water partition coefficient (Wildman–Crippen LogP) is 5.94. The van der Waals surface area contributed by atoms with Crippen molar-refractivity contribution in [3.05, 3.63) is 102 Å². The molecule has 1 N–H and O–H groups in total. The highest BCUT2D eigenvalue weighted by Gasteiger charge is 2.19. The van der Waals surface area contributed by atoms with Crippen molar-refractivity contribution >= 4 is 49.1 Å². The van der Waals surface area contributed by atoms with Crippen LogP contribution in [0.5, 0.6) is 5.75 Å². The van der Waals surface area contributed by atoms with Gasteiger partial charge in [-0.05, 0) is 61.5 Å². The molecule has 7 nitrogen and oxygen atoms in total. The maximum absolute atomic E-state index is 14.1. The predicted molar refractivity (Wildman–Crippen MR) is 153 cm³/mol. The number of carbonyl (C=O) groups excluding carboxylic acids is 1. The quantitative estimate of drug-likeness (QED) is 0.249. The van der Waals surface area contributed by atoms with E-state index >= 15 is 0 Å². The first-order valence-corrected chi connectivity index (χ1v) is 14.3. The minimum atomic E-state index is -3.68. The van der Waals surface area contributed by atoms with Crippen molar-refractivity contribution in [2.24, 2.45) is 0 Å². The first-order valence-electron chi connectivity index (χ1n) is 12.5. The van der Waals surface area contributed by atoms with Crippen molar-refractivity contribution in [3.63, 3.8) is 0 Å². The summed E-state index contributed by atoms with van der Waals surface area (Å²) in [6.07, 6.45) is 1.07. The van der Waals surface area contributed by atoms with Gasteiger partial charge in [0.1, 0.15) is 11.6 Å². The van der Waals surface area contributed by atoms with Crippen LogP contribution in [0.1, 0.15) is 12.5 Å². The molecule has 0 spiro atoms. The van der Waals surface area contributed by atoms with E-state index in [0.717, 1.165) is 38.9 Å². The highest BCUT2D eigenvalue weighted by Crippen LogP contribution is 2.31. The van der Waals surface area contributed by atoms with Crippen molar-refractivity contribution in [1.82, 2.24) is 4.57 Å². The Morgan fingerprint density at radius 3 is 2.33 bits per heavy atom. The molecule has 0 unspecified atom stereocenters.